The monoisotopic (exact) mass is 476 g/mol. The van der Waals surface area contributed by atoms with Crippen LogP contribution in [0.5, 0.6) is 5.75 Å². The van der Waals surface area contributed by atoms with Crippen molar-refractivity contribution in [2.24, 2.45) is 0 Å². The van der Waals surface area contributed by atoms with Crippen LogP contribution in [0, 0.1) is 12.7 Å². The average molecular weight is 477 g/mol. The average Bonchev–Trinajstić information content (AvgIpc) is 2.80. The molecule has 0 aliphatic carbocycles. The normalized spacial score (nSPS) is 12.0. The first-order valence-corrected chi connectivity index (χ1v) is 11.7. The van der Waals surface area contributed by atoms with E-state index in [2.05, 4.69) is 5.32 Å². The Morgan fingerprint density at radius 2 is 1.60 bits per heavy atom. The van der Waals surface area contributed by atoms with E-state index in [-0.39, 0.29) is 24.8 Å². The Morgan fingerprint density at radius 3 is 2.26 bits per heavy atom. The summed E-state index contributed by atoms with van der Waals surface area (Å²) in [5, 5.41) is 3.02. The molecule has 5 nitrogen and oxygen atoms in total. The van der Waals surface area contributed by atoms with Crippen molar-refractivity contribution in [2.75, 3.05) is 6.61 Å². The highest BCUT2D eigenvalue weighted by Gasteiger charge is 2.32. The van der Waals surface area contributed by atoms with Crippen LogP contribution in [-0.2, 0) is 22.6 Å². The van der Waals surface area contributed by atoms with Crippen LogP contribution in [0.2, 0.25) is 0 Å². The number of amides is 2. The first kappa shape index (κ1) is 25.9. The molecule has 1 N–H and O–H groups in total. The van der Waals surface area contributed by atoms with E-state index in [9.17, 15) is 14.0 Å². The van der Waals surface area contributed by atoms with Gasteiger partial charge >= 0.3 is 0 Å². The molecule has 3 aromatic rings. The molecule has 0 aliphatic rings. The van der Waals surface area contributed by atoms with E-state index in [0.29, 0.717) is 6.42 Å². The molecule has 0 fully saturated rings. The molecular formula is C29H33FN2O3. The van der Waals surface area contributed by atoms with Crippen LogP contribution in [0.25, 0.3) is 0 Å². The van der Waals surface area contributed by atoms with Crippen LogP contribution >= 0.6 is 0 Å². The molecule has 3 aromatic carbocycles. The Labute approximate surface area is 206 Å². The van der Waals surface area contributed by atoms with Crippen molar-refractivity contribution in [3.63, 3.8) is 0 Å². The number of rotatable bonds is 9. The zero-order valence-electron chi connectivity index (χ0n) is 20.8. The maximum Gasteiger partial charge on any atom is 0.261 e. The molecule has 0 saturated heterocycles. The van der Waals surface area contributed by atoms with Gasteiger partial charge in [-0.3, -0.25) is 9.59 Å². The van der Waals surface area contributed by atoms with Crippen molar-refractivity contribution in [2.45, 2.75) is 52.2 Å². The molecule has 0 saturated carbocycles. The highest BCUT2D eigenvalue weighted by molar-refractivity contribution is 5.89. The SMILES string of the molecule is Cc1cccc(CN(C(=O)COc2ccccc2F)C(Cc2ccccc2)C(=O)NC(C)(C)C)c1. The van der Waals surface area contributed by atoms with Gasteiger partial charge in [0.1, 0.15) is 6.04 Å². The van der Waals surface area contributed by atoms with Crippen LogP contribution < -0.4 is 10.1 Å². The number of halogens is 1. The van der Waals surface area contributed by atoms with Crippen molar-refractivity contribution in [1.82, 2.24) is 10.2 Å². The van der Waals surface area contributed by atoms with E-state index in [1.54, 1.807) is 12.1 Å². The minimum absolute atomic E-state index is 0.00453. The number of ether oxygens (including phenoxy) is 1. The third-order valence-corrected chi connectivity index (χ3v) is 5.39. The van der Waals surface area contributed by atoms with Gasteiger partial charge in [0.15, 0.2) is 18.2 Å². The zero-order chi connectivity index (χ0) is 25.4. The van der Waals surface area contributed by atoms with Gasteiger partial charge in [-0.2, -0.15) is 0 Å². The molecular weight excluding hydrogens is 443 g/mol. The second-order valence-electron chi connectivity index (χ2n) is 9.67. The van der Waals surface area contributed by atoms with E-state index >= 15 is 0 Å². The van der Waals surface area contributed by atoms with Crippen LogP contribution in [0.15, 0.2) is 78.9 Å². The number of hydrogen-bond acceptors (Lipinski definition) is 3. The topological polar surface area (TPSA) is 58.6 Å². The predicted molar refractivity (Wildman–Crippen MR) is 135 cm³/mol. The summed E-state index contributed by atoms with van der Waals surface area (Å²) in [6.45, 7) is 7.51. The van der Waals surface area contributed by atoms with E-state index in [1.165, 1.54) is 17.0 Å². The lowest BCUT2D eigenvalue weighted by molar-refractivity contribution is -0.143. The lowest BCUT2D eigenvalue weighted by Gasteiger charge is -2.33. The Hall–Kier alpha value is -3.67. The fourth-order valence-corrected chi connectivity index (χ4v) is 3.80. The maximum atomic E-state index is 14.1. The molecule has 0 heterocycles. The van der Waals surface area contributed by atoms with E-state index in [0.717, 1.165) is 16.7 Å². The molecule has 184 valence electrons. The summed E-state index contributed by atoms with van der Waals surface area (Å²) in [7, 11) is 0. The van der Waals surface area contributed by atoms with Crippen LogP contribution in [0.3, 0.4) is 0 Å². The fraction of sp³-hybridized carbons (Fsp3) is 0.310. The summed E-state index contributed by atoms with van der Waals surface area (Å²) in [6, 6.07) is 22.6. The van der Waals surface area contributed by atoms with Crippen molar-refractivity contribution in [1.29, 1.82) is 0 Å². The molecule has 1 atom stereocenters. The molecule has 3 rings (SSSR count). The molecule has 0 aliphatic heterocycles. The quantitative estimate of drug-likeness (QED) is 0.469. The minimum atomic E-state index is -0.783. The number of nitrogens with zero attached hydrogens (tertiary/aromatic N) is 1. The van der Waals surface area contributed by atoms with Crippen molar-refractivity contribution in [3.05, 3.63) is 101 Å². The van der Waals surface area contributed by atoms with Crippen LogP contribution in [-0.4, -0.2) is 34.9 Å². The Morgan fingerprint density at radius 1 is 0.943 bits per heavy atom. The van der Waals surface area contributed by atoms with Gasteiger partial charge in [-0.25, -0.2) is 4.39 Å². The number of carbonyl (C=O) groups is 2. The number of hydrogen-bond donors (Lipinski definition) is 1. The summed E-state index contributed by atoms with van der Waals surface area (Å²) < 4.78 is 19.6. The van der Waals surface area contributed by atoms with Crippen molar-refractivity contribution >= 4 is 11.8 Å². The van der Waals surface area contributed by atoms with Gasteiger partial charge < -0.3 is 15.0 Å². The number of benzene rings is 3. The molecule has 1 unspecified atom stereocenters. The molecule has 0 radical (unpaired) electrons. The number of nitrogens with one attached hydrogen (secondary N) is 1. The van der Waals surface area contributed by atoms with Crippen LogP contribution in [0.1, 0.15) is 37.5 Å². The van der Waals surface area contributed by atoms with Gasteiger partial charge in [0, 0.05) is 18.5 Å². The number of para-hydroxylation sites is 1. The predicted octanol–water partition coefficient (Wildman–Crippen LogP) is 5.07. The smallest absolute Gasteiger partial charge is 0.261 e. The summed E-state index contributed by atoms with van der Waals surface area (Å²) >= 11 is 0. The van der Waals surface area contributed by atoms with Gasteiger partial charge in [0.05, 0.1) is 0 Å². The Bertz CT molecular complexity index is 1140. The third-order valence-electron chi connectivity index (χ3n) is 5.39. The number of carbonyl (C=O) groups excluding carboxylic acids is 2. The van der Waals surface area contributed by atoms with Gasteiger partial charge in [-0.05, 0) is 51.0 Å². The lowest BCUT2D eigenvalue weighted by Crippen LogP contribution is -2.55. The Balaban J connectivity index is 1.94. The Kier molecular flexibility index (Phi) is 8.63. The van der Waals surface area contributed by atoms with Gasteiger partial charge in [0.2, 0.25) is 5.91 Å². The first-order chi connectivity index (χ1) is 16.6. The second-order valence-corrected chi connectivity index (χ2v) is 9.67. The van der Waals surface area contributed by atoms with Crippen molar-refractivity contribution in [3.8, 4) is 5.75 Å². The second kappa shape index (κ2) is 11.6. The zero-order valence-corrected chi connectivity index (χ0v) is 20.8. The molecule has 6 heteroatoms. The van der Waals surface area contributed by atoms with Crippen molar-refractivity contribution < 1.29 is 18.7 Å². The largest absolute Gasteiger partial charge is 0.481 e. The summed E-state index contributed by atoms with van der Waals surface area (Å²) in [6.07, 6.45) is 0.333. The third kappa shape index (κ3) is 7.95. The van der Waals surface area contributed by atoms with Crippen LogP contribution in [0.4, 0.5) is 4.39 Å². The van der Waals surface area contributed by atoms with E-state index < -0.39 is 23.3 Å². The van der Waals surface area contributed by atoms with Gasteiger partial charge in [-0.1, -0.05) is 72.3 Å². The molecule has 35 heavy (non-hydrogen) atoms. The summed E-state index contributed by atoms with van der Waals surface area (Å²) in [5.74, 6) is -1.21. The van der Waals surface area contributed by atoms with E-state index in [1.807, 2.05) is 82.3 Å². The standard InChI is InChI=1S/C29H33FN2O3/c1-21-11-10-14-23(17-21)19-32(27(33)20-35-26-16-9-8-15-24(26)30)25(28(34)31-29(2,3)4)18-22-12-6-5-7-13-22/h5-17,25H,18-20H2,1-4H3,(H,31,34). The maximum absolute atomic E-state index is 14.1. The summed E-state index contributed by atoms with van der Waals surface area (Å²) in [5.41, 5.74) is 2.40. The molecule has 0 spiro atoms. The van der Waals surface area contributed by atoms with Gasteiger partial charge in [0.25, 0.3) is 5.91 Å². The minimum Gasteiger partial charge on any atom is -0.481 e. The van der Waals surface area contributed by atoms with Gasteiger partial charge in [-0.15, -0.1) is 0 Å². The molecule has 0 aromatic heterocycles. The molecule has 2 amide bonds. The number of aryl methyl sites for hydroxylation is 1. The fourth-order valence-electron chi connectivity index (χ4n) is 3.80. The summed E-state index contributed by atoms with van der Waals surface area (Å²) in [4.78, 5) is 28.5. The molecule has 0 bridgehead atoms. The highest BCUT2D eigenvalue weighted by Crippen LogP contribution is 2.19. The van der Waals surface area contributed by atoms with E-state index in [4.69, 9.17) is 4.74 Å². The first-order valence-electron chi connectivity index (χ1n) is 11.7. The highest BCUT2D eigenvalue weighted by atomic mass is 19.1. The lowest BCUT2D eigenvalue weighted by atomic mass is 10.0.